The number of alkyl halides is 2. The lowest BCUT2D eigenvalue weighted by Crippen LogP contribution is -2.49. The van der Waals surface area contributed by atoms with E-state index in [1.54, 1.807) is 5.32 Å². The SMILES string of the molecule is O=C1N[C@H](c2cc([N+](=O)[O-])ccc2F)C(F)(F)CO1. The Balaban J connectivity index is 2.46. The maximum atomic E-state index is 13.6. The second-order valence-electron chi connectivity index (χ2n) is 3.88. The number of hydrogen-bond donors (Lipinski definition) is 1. The molecule has 0 spiro atoms. The first kappa shape index (κ1) is 13.1. The third-order valence-electron chi connectivity index (χ3n) is 2.58. The van der Waals surface area contributed by atoms with E-state index in [4.69, 9.17) is 0 Å². The third kappa shape index (κ3) is 2.44. The summed E-state index contributed by atoms with van der Waals surface area (Å²) in [7, 11) is 0. The highest BCUT2D eigenvalue weighted by atomic mass is 19.3. The van der Waals surface area contributed by atoms with E-state index in [1.165, 1.54) is 0 Å². The van der Waals surface area contributed by atoms with Crippen LogP contribution in [0.15, 0.2) is 18.2 Å². The minimum absolute atomic E-state index is 0.548. The van der Waals surface area contributed by atoms with Crippen molar-refractivity contribution in [3.8, 4) is 0 Å². The predicted octanol–water partition coefficient (Wildman–Crippen LogP) is 2.15. The van der Waals surface area contributed by atoms with Crippen LogP contribution in [-0.4, -0.2) is 23.5 Å². The van der Waals surface area contributed by atoms with E-state index >= 15 is 0 Å². The molecule has 1 fully saturated rings. The van der Waals surface area contributed by atoms with Crippen molar-refractivity contribution in [2.24, 2.45) is 0 Å². The molecule has 1 aromatic rings. The van der Waals surface area contributed by atoms with Crippen molar-refractivity contribution < 1.29 is 27.6 Å². The van der Waals surface area contributed by atoms with Gasteiger partial charge in [0.05, 0.1) is 4.92 Å². The van der Waals surface area contributed by atoms with Crippen LogP contribution >= 0.6 is 0 Å². The summed E-state index contributed by atoms with van der Waals surface area (Å²) in [4.78, 5) is 20.7. The van der Waals surface area contributed by atoms with Crippen LogP contribution in [0.5, 0.6) is 0 Å². The summed E-state index contributed by atoms with van der Waals surface area (Å²) >= 11 is 0. The summed E-state index contributed by atoms with van der Waals surface area (Å²) < 4.78 is 44.8. The van der Waals surface area contributed by atoms with Crippen molar-refractivity contribution in [3.63, 3.8) is 0 Å². The Morgan fingerprint density at radius 2 is 2.16 bits per heavy atom. The molecule has 1 aliphatic rings. The van der Waals surface area contributed by atoms with E-state index < -0.39 is 46.7 Å². The Morgan fingerprint density at radius 3 is 2.79 bits per heavy atom. The number of rotatable bonds is 2. The summed E-state index contributed by atoms with van der Waals surface area (Å²) in [6, 6.07) is 0.205. The second kappa shape index (κ2) is 4.41. The lowest BCUT2D eigenvalue weighted by Gasteiger charge is -2.31. The first-order valence-electron chi connectivity index (χ1n) is 5.06. The van der Waals surface area contributed by atoms with E-state index in [0.29, 0.717) is 12.1 Å². The molecule has 0 aliphatic carbocycles. The van der Waals surface area contributed by atoms with Gasteiger partial charge in [0.25, 0.3) is 5.69 Å². The molecule has 6 nitrogen and oxygen atoms in total. The number of nitrogens with one attached hydrogen (secondary N) is 1. The lowest BCUT2D eigenvalue weighted by atomic mass is 9.99. The predicted molar refractivity (Wildman–Crippen MR) is 55.2 cm³/mol. The topological polar surface area (TPSA) is 81.5 Å². The van der Waals surface area contributed by atoms with Crippen molar-refractivity contribution in [2.75, 3.05) is 6.61 Å². The van der Waals surface area contributed by atoms with Gasteiger partial charge in [-0.25, -0.2) is 18.0 Å². The van der Waals surface area contributed by atoms with Gasteiger partial charge in [-0.05, 0) is 6.07 Å². The third-order valence-corrected chi connectivity index (χ3v) is 2.58. The maximum Gasteiger partial charge on any atom is 0.408 e. The summed E-state index contributed by atoms with van der Waals surface area (Å²) in [6.45, 7) is -1.22. The molecular formula is C10H7F3N2O4. The molecule has 0 saturated carbocycles. The molecule has 1 N–H and O–H groups in total. The van der Waals surface area contributed by atoms with E-state index in [-0.39, 0.29) is 0 Å². The standard InChI is InChI=1S/C10H7F3N2O4/c11-7-2-1-5(15(17)18)3-6(7)8-10(12,13)4-19-9(16)14-8/h1-3,8H,4H2,(H,14,16)/t8-/m1/s1. The average Bonchev–Trinajstić information content (AvgIpc) is 2.33. The van der Waals surface area contributed by atoms with Gasteiger partial charge in [-0.15, -0.1) is 0 Å². The van der Waals surface area contributed by atoms with Gasteiger partial charge in [0.1, 0.15) is 11.9 Å². The molecule has 0 unspecified atom stereocenters. The molecular weight excluding hydrogens is 269 g/mol. The molecule has 2 rings (SSSR count). The molecule has 0 bridgehead atoms. The second-order valence-corrected chi connectivity index (χ2v) is 3.88. The molecule has 1 atom stereocenters. The number of nitro groups is 1. The molecule has 19 heavy (non-hydrogen) atoms. The van der Waals surface area contributed by atoms with Crippen LogP contribution in [0.2, 0.25) is 0 Å². The van der Waals surface area contributed by atoms with Crippen LogP contribution in [0, 0.1) is 15.9 Å². The fourth-order valence-corrected chi connectivity index (χ4v) is 1.68. The fourth-order valence-electron chi connectivity index (χ4n) is 1.68. The van der Waals surface area contributed by atoms with Crippen LogP contribution < -0.4 is 5.32 Å². The Bertz CT molecular complexity index is 550. The van der Waals surface area contributed by atoms with Gasteiger partial charge in [0, 0.05) is 17.7 Å². The highest BCUT2D eigenvalue weighted by Crippen LogP contribution is 2.36. The van der Waals surface area contributed by atoms with Crippen molar-refractivity contribution in [3.05, 3.63) is 39.7 Å². The molecule has 1 saturated heterocycles. The van der Waals surface area contributed by atoms with Crippen molar-refractivity contribution in [1.82, 2.24) is 5.32 Å². The molecule has 0 aromatic heterocycles. The van der Waals surface area contributed by atoms with Gasteiger partial charge in [-0.2, -0.15) is 0 Å². The molecule has 9 heteroatoms. The summed E-state index contributed by atoms with van der Waals surface area (Å²) in [5.74, 6) is -4.64. The Kier molecular flexibility index (Phi) is 3.05. The number of non-ortho nitro benzene ring substituents is 1. The number of halogens is 3. The monoisotopic (exact) mass is 276 g/mol. The fraction of sp³-hybridized carbons (Fsp3) is 0.300. The van der Waals surface area contributed by atoms with Crippen molar-refractivity contribution in [2.45, 2.75) is 12.0 Å². The number of cyclic esters (lactones) is 1. The number of nitrogens with zero attached hydrogens (tertiary/aromatic N) is 1. The van der Waals surface area contributed by atoms with Gasteiger partial charge >= 0.3 is 12.0 Å². The number of benzene rings is 1. The largest absolute Gasteiger partial charge is 0.443 e. The van der Waals surface area contributed by atoms with E-state index in [1.807, 2.05) is 0 Å². The quantitative estimate of drug-likeness (QED) is 0.662. The number of alkyl carbamates (subject to hydrolysis) is 1. The number of carbonyl (C=O) groups excluding carboxylic acids is 1. The highest BCUT2D eigenvalue weighted by molar-refractivity contribution is 5.69. The van der Waals surface area contributed by atoms with E-state index in [0.717, 1.165) is 6.07 Å². The Hall–Kier alpha value is -2.32. The molecule has 0 radical (unpaired) electrons. The van der Waals surface area contributed by atoms with Crippen molar-refractivity contribution in [1.29, 1.82) is 0 Å². The minimum atomic E-state index is -3.57. The van der Waals surface area contributed by atoms with Crippen LogP contribution in [0.4, 0.5) is 23.7 Å². The molecule has 1 aromatic carbocycles. The summed E-state index contributed by atoms with van der Waals surface area (Å²) in [5.41, 5.74) is -1.20. The zero-order valence-corrected chi connectivity index (χ0v) is 9.23. The molecule has 1 amide bonds. The first-order valence-corrected chi connectivity index (χ1v) is 5.06. The van der Waals surface area contributed by atoms with Gasteiger partial charge in [-0.1, -0.05) is 0 Å². The van der Waals surface area contributed by atoms with Gasteiger partial charge in [0.15, 0.2) is 6.61 Å². The number of amides is 1. The first-order chi connectivity index (χ1) is 8.81. The number of nitro benzene ring substituents is 1. The highest BCUT2D eigenvalue weighted by Gasteiger charge is 2.48. The molecule has 1 heterocycles. The lowest BCUT2D eigenvalue weighted by molar-refractivity contribution is -0.385. The average molecular weight is 276 g/mol. The van der Waals surface area contributed by atoms with Gasteiger partial charge in [-0.3, -0.25) is 10.1 Å². The van der Waals surface area contributed by atoms with E-state index in [9.17, 15) is 28.1 Å². The van der Waals surface area contributed by atoms with Crippen LogP contribution in [-0.2, 0) is 4.74 Å². The van der Waals surface area contributed by atoms with Crippen LogP contribution in [0.3, 0.4) is 0 Å². The zero-order chi connectivity index (χ0) is 14.2. The zero-order valence-electron chi connectivity index (χ0n) is 9.23. The smallest absolute Gasteiger partial charge is 0.408 e. The minimum Gasteiger partial charge on any atom is -0.443 e. The summed E-state index contributed by atoms with van der Waals surface area (Å²) in [5, 5.41) is 12.3. The normalized spacial score (nSPS) is 21.4. The number of carbonyl (C=O) groups is 1. The Morgan fingerprint density at radius 1 is 1.47 bits per heavy atom. The van der Waals surface area contributed by atoms with E-state index in [2.05, 4.69) is 4.74 Å². The molecule has 1 aliphatic heterocycles. The van der Waals surface area contributed by atoms with Gasteiger partial charge < -0.3 is 10.1 Å². The molecule has 102 valence electrons. The number of hydrogen-bond acceptors (Lipinski definition) is 4. The number of ether oxygens (including phenoxy) is 1. The van der Waals surface area contributed by atoms with Gasteiger partial charge in [0.2, 0.25) is 0 Å². The summed E-state index contributed by atoms with van der Waals surface area (Å²) in [6.07, 6.45) is -1.14. The van der Waals surface area contributed by atoms with Crippen LogP contribution in [0.1, 0.15) is 11.6 Å². The van der Waals surface area contributed by atoms with Crippen LogP contribution in [0.25, 0.3) is 0 Å². The van der Waals surface area contributed by atoms with Crippen molar-refractivity contribution >= 4 is 11.8 Å². The maximum absolute atomic E-state index is 13.6. The Labute approximate surface area is 104 Å².